The molecule has 0 N–H and O–H groups in total. The van der Waals surface area contributed by atoms with E-state index in [0.717, 1.165) is 18.9 Å². The van der Waals surface area contributed by atoms with Gasteiger partial charge in [-0.3, -0.25) is 4.79 Å². The van der Waals surface area contributed by atoms with Gasteiger partial charge < -0.3 is 9.64 Å². The van der Waals surface area contributed by atoms with Crippen molar-refractivity contribution in [2.45, 2.75) is 161 Å². The highest BCUT2D eigenvalue weighted by atomic mass is 16.5. The number of methoxy groups -OCH3 is 1. The summed E-state index contributed by atoms with van der Waals surface area (Å²) in [5.74, 6) is -0.0738. The average Bonchev–Trinajstić information content (AvgIpc) is 2.83. The van der Waals surface area contributed by atoms with Crippen LogP contribution in [0.25, 0.3) is 0 Å². The topological polar surface area (TPSA) is 29.5 Å². The Morgan fingerprint density at radius 1 is 0.647 bits per heavy atom. The number of carbonyl (C=O) groups excluding carboxylic acids is 1. The molecule has 1 atom stereocenters. The van der Waals surface area contributed by atoms with Crippen molar-refractivity contribution in [1.29, 1.82) is 0 Å². The highest BCUT2D eigenvalue weighted by Gasteiger charge is 2.10. The summed E-state index contributed by atoms with van der Waals surface area (Å²) in [5.41, 5.74) is 0. The van der Waals surface area contributed by atoms with Crippen molar-refractivity contribution in [2.75, 3.05) is 21.2 Å². The third-order valence-electron chi connectivity index (χ3n) is 7.18. The van der Waals surface area contributed by atoms with E-state index in [2.05, 4.69) is 42.8 Å². The first-order chi connectivity index (χ1) is 16.6. The first kappa shape index (κ1) is 33.2. The maximum atomic E-state index is 11.0. The predicted octanol–water partition coefficient (Wildman–Crippen LogP) is 9.64. The first-order valence-corrected chi connectivity index (χ1v) is 15.0. The maximum absolute atomic E-state index is 11.0. The summed E-state index contributed by atoms with van der Waals surface area (Å²) < 4.78 is 4.67. The van der Waals surface area contributed by atoms with Crippen molar-refractivity contribution < 1.29 is 9.53 Å². The fourth-order valence-electron chi connectivity index (χ4n) is 4.75. The van der Waals surface area contributed by atoms with Crippen LogP contribution in [0, 0.1) is 0 Å². The molecule has 202 valence electrons. The molecule has 0 heterocycles. The normalized spacial score (nSPS) is 12.6. The van der Waals surface area contributed by atoms with Gasteiger partial charge in [-0.1, -0.05) is 115 Å². The van der Waals surface area contributed by atoms with E-state index in [0.29, 0.717) is 6.42 Å². The molecule has 0 aliphatic heterocycles. The monoisotopic (exact) mass is 479 g/mol. The standard InChI is InChI=1S/C31H61NO2/c1-5-6-7-21-24-27-30(32(2)3)28-25-22-19-17-15-13-11-9-8-10-12-14-16-18-20-23-26-29-31(33)34-4/h10,12,30H,5-9,11,13-29H2,1-4H3. The minimum absolute atomic E-state index is 0.0738. The van der Waals surface area contributed by atoms with E-state index in [4.69, 9.17) is 0 Å². The second kappa shape index (κ2) is 26.8. The Balaban J connectivity index is 3.36. The molecule has 0 fully saturated rings. The molecule has 0 rings (SSSR count). The second-order valence-corrected chi connectivity index (χ2v) is 10.6. The Labute approximate surface area is 214 Å². The molecule has 0 amide bonds. The Bertz CT molecular complexity index is 447. The van der Waals surface area contributed by atoms with E-state index >= 15 is 0 Å². The maximum Gasteiger partial charge on any atom is 0.305 e. The third-order valence-corrected chi connectivity index (χ3v) is 7.18. The van der Waals surface area contributed by atoms with Crippen LogP contribution in [0.1, 0.15) is 155 Å². The molecule has 1 unspecified atom stereocenters. The van der Waals surface area contributed by atoms with Crippen LogP contribution in [-0.2, 0) is 9.53 Å². The predicted molar refractivity (Wildman–Crippen MR) is 150 cm³/mol. The fraction of sp³-hybridized carbons (Fsp3) is 0.903. The zero-order valence-corrected chi connectivity index (χ0v) is 23.8. The summed E-state index contributed by atoms with van der Waals surface area (Å²) in [6, 6.07) is 0.799. The quantitative estimate of drug-likeness (QED) is 0.0702. The van der Waals surface area contributed by atoms with Crippen LogP contribution in [0.15, 0.2) is 12.2 Å². The van der Waals surface area contributed by atoms with Gasteiger partial charge >= 0.3 is 5.97 Å². The highest BCUT2D eigenvalue weighted by molar-refractivity contribution is 5.68. The molecule has 0 aromatic rings. The van der Waals surface area contributed by atoms with Crippen molar-refractivity contribution in [2.24, 2.45) is 0 Å². The van der Waals surface area contributed by atoms with Gasteiger partial charge in [0.2, 0.25) is 0 Å². The van der Waals surface area contributed by atoms with E-state index < -0.39 is 0 Å². The average molecular weight is 480 g/mol. The summed E-state index contributed by atoms with van der Waals surface area (Å²) in [4.78, 5) is 13.5. The third kappa shape index (κ3) is 24.3. The Kier molecular flexibility index (Phi) is 26.1. The fourth-order valence-corrected chi connectivity index (χ4v) is 4.75. The van der Waals surface area contributed by atoms with Crippen LogP contribution in [0.5, 0.6) is 0 Å². The van der Waals surface area contributed by atoms with Crippen molar-refractivity contribution in [1.82, 2.24) is 4.90 Å². The Morgan fingerprint density at radius 3 is 1.50 bits per heavy atom. The van der Waals surface area contributed by atoms with Gasteiger partial charge in [0.1, 0.15) is 0 Å². The van der Waals surface area contributed by atoms with E-state index in [-0.39, 0.29) is 5.97 Å². The SMILES string of the molecule is CCCCCCCC(CCCCCCCCCCC=CCCCCCCCC(=O)OC)N(C)C. The lowest BCUT2D eigenvalue weighted by Gasteiger charge is -2.24. The van der Waals surface area contributed by atoms with Crippen LogP contribution in [-0.4, -0.2) is 38.1 Å². The number of rotatable bonds is 26. The van der Waals surface area contributed by atoms with Gasteiger partial charge in [-0.05, 0) is 59.0 Å². The minimum atomic E-state index is -0.0738. The van der Waals surface area contributed by atoms with Gasteiger partial charge in [0.15, 0.2) is 0 Å². The van der Waals surface area contributed by atoms with Gasteiger partial charge in [0.05, 0.1) is 7.11 Å². The second-order valence-electron chi connectivity index (χ2n) is 10.6. The molecule has 0 aliphatic carbocycles. The van der Waals surface area contributed by atoms with Crippen LogP contribution in [0.3, 0.4) is 0 Å². The zero-order chi connectivity index (χ0) is 25.1. The minimum Gasteiger partial charge on any atom is -0.469 e. The molecular weight excluding hydrogens is 418 g/mol. The van der Waals surface area contributed by atoms with Crippen LogP contribution in [0.4, 0.5) is 0 Å². The van der Waals surface area contributed by atoms with Crippen molar-refractivity contribution in [3.63, 3.8) is 0 Å². The number of hydrogen-bond donors (Lipinski definition) is 0. The van der Waals surface area contributed by atoms with E-state index in [1.165, 1.54) is 136 Å². The number of carbonyl (C=O) groups is 1. The smallest absolute Gasteiger partial charge is 0.305 e. The van der Waals surface area contributed by atoms with Gasteiger partial charge in [-0.2, -0.15) is 0 Å². The summed E-state index contributed by atoms with van der Waals surface area (Å²) in [5, 5.41) is 0. The zero-order valence-electron chi connectivity index (χ0n) is 23.8. The summed E-state index contributed by atoms with van der Waals surface area (Å²) in [7, 11) is 6.00. The molecule has 0 saturated carbocycles. The largest absolute Gasteiger partial charge is 0.469 e. The number of hydrogen-bond acceptors (Lipinski definition) is 3. The van der Waals surface area contributed by atoms with Gasteiger partial charge in [0, 0.05) is 12.5 Å². The molecule has 3 heteroatoms. The number of nitrogens with zero attached hydrogens (tertiary/aromatic N) is 1. The van der Waals surface area contributed by atoms with E-state index in [1.807, 2.05) is 0 Å². The molecule has 34 heavy (non-hydrogen) atoms. The lowest BCUT2D eigenvalue weighted by Crippen LogP contribution is -2.27. The van der Waals surface area contributed by atoms with Crippen LogP contribution >= 0.6 is 0 Å². The van der Waals surface area contributed by atoms with Crippen molar-refractivity contribution in [3.8, 4) is 0 Å². The number of unbranched alkanes of at least 4 members (excludes halogenated alkanes) is 17. The molecule has 0 aromatic heterocycles. The molecule has 0 aromatic carbocycles. The van der Waals surface area contributed by atoms with Crippen LogP contribution in [0.2, 0.25) is 0 Å². The molecule has 0 radical (unpaired) electrons. The van der Waals surface area contributed by atoms with Crippen molar-refractivity contribution >= 4 is 5.97 Å². The van der Waals surface area contributed by atoms with Crippen LogP contribution < -0.4 is 0 Å². The first-order valence-electron chi connectivity index (χ1n) is 15.0. The Hall–Kier alpha value is -0.830. The number of ether oxygens (including phenoxy) is 1. The molecule has 0 aliphatic rings. The summed E-state index contributed by atoms with van der Waals surface area (Å²) in [6.07, 6.45) is 34.8. The lowest BCUT2D eigenvalue weighted by molar-refractivity contribution is -0.140. The van der Waals surface area contributed by atoms with Crippen molar-refractivity contribution in [3.05, 3.63) is 12.2 Å². The molecule has 0 saturated heterocycles. The van der Waals surface area contributed by atoms with Gasteiger partial charge in [0.25, 0.3) is 0 Å². The van der Waals surface area contributed by atoms with E-state index in [9.17, 15) is 4.79 Å². The van der Waals surface area contributed by atoms with Gasteiger partial charge in [-0.15, -0.1) is 0 Å². The lowest BCUT2D eigenvalue weighted by atomic mass is 9.99. The van der Waals surface area contributed by atoms with E-state index in [1.54, 1.807) is 0 Å². The molecule has 0 bridgehead atoms. The molecule has 0 spiro atoms. The molecule has 3 nitrogen and oxygen atoms in total. The highest BCUT2D eigenvalue weighted by Crippen LogP contribution is 2.17. The summed E-state index contributed by atoms with van der Waals surface area (Å²) >= 11 is 0. The number of esters is 1. The summed E-state index contributed by atoms with van der Waals surface area (Å²) in [6.45, 7) is 2.30. The van der Waals surface area contributed by atoms with Gasteiger partial charge in [-0.25, -0.2) is 0 Å². The molecular formula is C31H61NO2. The Morgan fingerprint density at radius 2 is 1.06 bits per heavy atom. The number of allylic oxidation sites excluding steroid dienone is 2.